The van der Waals surface area contributed by atoms with Gasteiger partial charge in [-0.05, 0) is 47.5 Å². The van der Waals surface area contributed by atoms with E-state index in [9.17, 15) is 17.6 Å². The highest BCUT2D eigenvalue weighted by Gasteiger charge is 2.39. The molecule has 39 heavy (non-hydrogen) atoms. The van der Waals surface area contributed by atoms with Crippen LogP contribution in [-0.4, -0.2) is 18.2 Å². The van der Waals surface area contributed by atoms with Gasteiger partial charge in [-0.25, -0.2) is 4.39 Å². The molecular weight excluding hydrogens is 532 g/mol. The van der Waals surface area contributed by atoms with Gasteiger partial charge in [-0.3, -0.25) is 10.3 Å². The predicted octanol–water partition coefficient (Wildman–Crippen LogP) is 7.33. The van der Waals surface area contributed by atoms with Crippen molar-refractivity contribution in [2.75, 3.05) is 13.2 Å². The van der Waals surface area contributed by atoms with Crippen LogP contribution in [0.25, 0.3) is 0 Å². The molecule has 1 N–H and O–H groups in total. The standard InChI is InChI=1S/C30H25ClF4N2O2/c31-24-10-11-27(36-19-24)29(17-20-6-2-1-3-7-20,22-14-23(30(33,34)35)16-25(32)15-22)37-18-21-8-4-9-26-28(21)39-13-5-12-38-26/h1-4,6-11,14-16,19,37H,5,12-13,17-18H2. The molecular formula is C30H25ClF4N2O2. The molecule has 0 amide bonds. The number of nitrogens with zero attached hydrogens (tertiary/aromatic N) is 1. The zero-order valence-corrected chi connectivity index (χ0v) is 21.5. The van der Waals surface area contributed by atoms with E-state index in [1.165, 1.54) is 6.20 Å². The van der Waals surface area contributed by atoms with Crippen LogP contribution in [0.3, 0.4) is 0 Å². The van der Waals surface area contributed by atoms with Gasteiger partial charge in [0.2, 0.25) is 0 Å². The Morgan fingerprint density at radius 2 is 1.64 bits per heavy atom. The molecule has 1 aliphatic rings. The molecule has 1 unspecified atom stereocenters. The highest BCUT2D eigenvalue weighted by Crippen LogP contribution is 2.39. The summed E-state index contributed by atoms with van der Waals surface area (Å²) in [6.45, 7) is 1.15. The molecule has 0 fully saturated rings. The maximum atomic E-state index is 14.8. The van der Waals surface area contributed by atoms with E-state index in [1.54, 1.807) is 12.1 Å². The zero-order valence-electron chi connectivity index (χ0n) is 20.8. The van der Waals surface area contributed by atoms with Gasteiger partial charge in [0.1, 0.15) is 5.82 Å². The largest absolute Gasteiger partial charge is 0.490 e. The van der Waals surface area contributed by atoms with Crippen LogP contribution in [0.1, 0.15) is 34.4 Å². The number of benzene rings is 3. The highest BCUT2D eigenvalue weighted by atomic mass is 35.5. The fourth-order valence-electron chi connectivity index (χ4n) is 4.77. The van der Waals surface area contributed by atoms with Crippen LogP contribution in [0.15, 0.2) is 85.1 Å². The Morgan fingerprint density at radius 3 is 2.38 bits per heavy atom. The minimum atomic E-state index is -4.75. The van der Waals surface area contributed by atoms with Crippen molar-refractivity contribution in [3.63, 3.8) is 0 Å². The van der Waals surface area contributed by atoms with E-state index in [2.05, 4.69) is 10.3 Å². The zero-order chi connectivity index (χ0) is 27.5. The van der Waals surface area contributed by atoms with Crippen molar-refractivity contribution in [1.82, 2.24) is 10.3 Å². The van der Waals surface area contributed by atoms with Crippen LogP contribution >= 0.6 is 11.6 Å². The van der Waals surface area contributed by atoms with E-state index in [4.69, 9.17) is 21.1 Å². The Hall–Kier alpha value is -3.62. The smallest absolute Gasteiger partial charge is 0.416 e. The van der Waals surface area contributed by atoms with Crippen LogP contribution in [-0.2, 0) is 24.7 Å². The quantitative estimate of drug-likeness (QED) is 0.242. The maximum Gasteiger partial charge on any atom is 0.416 e. The fourth-order valence-corrected chi connectivity index (χ4v) is 4.88. The van der Waals surface area contributed by atoms with Crippen LogP contribution < -0.4 is 14.8 Å². The van der Waals surface area contributed by atoms with Crippen LogP contribution in [0, 0.1) is 5.82 Å². The third kappa shape index (κ3) is 6.02. The van der Waals surface area contributed by atoms with E-state index >= 15 is 0 Å². The molecule has 0 spiro atoms. The van der Waals surface area contributed by atoms with Crippen molar-refractivity contribution < 1.29 is 27.0 Å². The lowest BCUT2D eigenvalue weighted by Crippen LogP contribution is -2.46. The number of nitrogens with one attached hydrogen (secondary N) is 1. The molecule has 0 saturated carbocycles. The van der Waals surface area contributed by atoms with E-state index < -0.39 is 23.1 Å². The van der Waals surface area contributed by atoms with Gasteiger partial charge in [0.25, 0.3) is 0 Å². The van der Waals surface area contributed by atoms with E-state index in [-0.39, 0.29) is 18.5 Å². The molecule has 1 aromatic heterocycles. The number of aromatic nitrogens is 1. The molecule has 0 aliphatic carbocycles. The maximum absolute atomic E-state index is 14.8. The monoisotopic (exact) mass is 556 g/mol. The Bertz CT molecular complexity index is 1430. The van der Waals surface area contributed by atoms with Gasteiger partial charge in [-0.1, -0.05) is 54.1 Å². The van der Waals surface area contributed by atoms with Crippen molar-refractivity contribution in [3.05, 3.63) is 124 Å². The predicted molar refractivity (Wildman–Crippen MR) is 140 cm³/mol. The van der Waals surface area contributed by atoms with Crippen LogP contribution in [0.2, 0.25) is 5.02 Å². The summed E-state index contributed by atoms with van der Waals surface area (Å²) < 4.78 is 68.2. The summed E-state index contributed by atoms with van der Waals surface area (Å²) in [6, 6.07) is 20.6. The number of ether oxygens (including phenoxy) is 2. The normalized spacial score (nSPS) is 14.9. The molecule has 4 aromatic rings. The number of pyridine rings is 1. The molecule has 1 aliphatic heterocycles. The number of alkyl halides is 3. The number of rotatable bonds is 7. The summed E-state index contributed by atoms with van der Waals surface area (Å²) in [5.41, 5.74) is -0.445. The molecule has 2 heterocycles. The Balaban J connectivity index is 1.68. The second-order valence-electron chi connectivity index (χ2n) is 9.30. The highest BCUT2D eigenvalue weighted by molar-refractivity contribution is 6.30. The van der Waals surface area contributed by atoms with E-state index in [0.29, 0.717) is 41.5 Å². The third-order valence-corrected chi connectivity index (χ3v) is 6.85. The van der Waals surface area contributed by atoms with Crippen molar-refractivity contribution in [3.8, 4) is 11.5 Å². The van der Waals surface area contributed by atoms with Crippen molar-refractivity contribution >= 4 is 11.6 Å². The molecule has 5 rings (SSSR count). The van der Waals surface area contributed by atoms with Gasteiger partial charge in [0.15, 0.2) is 11.5 Å². The number of para-hydroxylation sites is 1. The minimum Gasteiger partial charge on any atom is -0.490 e. The average Bonchev–Trinajstić information content (AvgIpc) is 3.17. The molecule has 0 saturated heterocycles. The number of fused-ring (bicyclic) bond motifs is 1. The summed E-state index contributed by atoms with van der Waals surface area (Å²) in [6.07, 6.45) is -2.42. The average molecular weight is 557 g/mol. The lowest BCUT2D eigenvalue weighted by Gasteiger charge is -2.36. The number of halogens is 5. The Kier molecular flexibility index (Phi) is 7.77. The van der Waals surface area contributed by atoms with Gasteiger partial charge in [-0.2, -0.15) is 13.2 Å². The summed E-state index contributed by atoms with van der Waals surface area (Å²) >= 11 is 6.12. The second kappa shape index (κ2) is 11.2. The van der Waals surface area contributed by atoms with E-state index in [1.807, 2.05) is 48.5 Å². The summed E-state index contributed by atoms with van der Waals surface area (Å²) in [4.78, 5) is 4.51. The molecule has 202 valence electrons. The first-order valence-electron chi connectivity index (χ1n) is 12.4. The molecule has 1 atom stereocenters. The lowest BCUT2D eigenvalue weighted by molar-refractivity contribution is -0.137. The van der Waals surface area contributed by atoms with Crippen LogP contribution in [0.5, 0.6) is 11.5 Å². The van der Waals surface area contributed by atoms with Crippen molar-refractivity contribution in [2.45, 2.75) is 31.1 Å². The second-order valence-corrected chi connectivity index (χ2v) is 9.74. The van der Waals surface area contributed by atoms with Gasteiger partial charge in [-0.15, -0.1) is 0 Å². The molecule has 0 bridgehead atoms. The van der Waals surface area contributed by atoms with Gasteiger partial charge in [0, 0.05) is 31.1 Å². The van der Waals surface area contributed by atoms with Gasteiger partial charge < -0.3 is 9.47 Å². The first-order valence-corrected chi connectivity index (χ1v) is 12.8. The third-order valence-electron chi connectivity index (χ3n) is 6.63. The first-order chi connectivity index (χ1) is 18.7. The number of hydrogen-bond donors (Lipinski definition) is 1. The number of hydrogen-bond acceptors (Lipinski definition) is 4. The Labute approximate surface area is 228 Å². The first kappa shape index (κ1) is 27.0. The molecule has 9 heteroatoms. The van der Waals surface area contributed by atoms with Gasteiger partial charge in [0.05, 0.1) is 35.0 Å². The molecule has 3 aromatic carbocycles. The topological polar surface area (TPSA) is 43.4 Å². The summed E-state index contributed by atoms with van der Waals surface area (Å²) in [5, 5.41) is 3.81. The fraction of sp³-hybridized carbons (Fsp3) is 0.233. The summed E-state index contributed by atoms with van der Waals surface area (Å²) in [5.74, 6) is 0.156. The van der Waals surface area contributed by atoms with Gasteiger partial charge >= 0.3 is 6.18 Å². The molecule has 4 nitrogen and oxygen atoms in total. The molecule has 0 radical (unpaired) electrons. The minimum absolute atomic E-state index is 0.0766. The lowest BCUT2D eigenvalue weighted by atomic mass is 9.79. The Morgan fingerprint density at radius 1 is 0.872 bits per heavy atom. The SMILES string of the molecule is Fc1cc(C(F)(F)F)cc(C(Cc2ccccc2)(NCc2cccc3c2OCCCO3)c2ccc(Cl)cn2)c1. The summed E-state index contributed by atoms with van der Waals surface area (Å²) in [7, 11) is 0. The van der Waals surface area contributed by atoms with Crippen molar-refractivity contribution in [1.29, 1.82) is 0 Å². The van der Waals surface area contributed by atoms with Crippen LogP contribution in [0.4, 0.5) is 17.6 Å². The van der Waals surface area contributed by atoms with E-state index in [0.717, 1.165) is 29.7 Å². The van der Waals surface area contributed by atoms with Crippen molar-refractivity contribution in [2.24, 2.45) is 0 Å².